The zero-order chi connectivity index (χ0) is 19.2. The van der Waals surface area contributed by atoms with Gasteiger partial charge in [0.2, 0.25) is 15.9 Å². The van der Waals surface area contributed by atoms with Crippen LogP contribution in [0, 0.1) is 0 Å². The highest BCUT2D eigenvalue weighted by molar-refractivity contribution is 8.01. The van der Waals surface area contributed by atoms with Crippen LogP contribution in [0.5, 0.6) is 0 Å². The van der Waals surface area contributed by atoms with Crippen molar-refractivity contribution in [3.05, 3.63) is 47.0 Å². The topological polar surface area (TPSA) is 93.4 Å². The van der Waals surface area contributed by atoms with Crippen molar-refractivity contribution in [2.75, 3.05) is 17.2 Å². The van der Waals surface area contributed by atoms with Gasteiger partial charge in [-0.05, 0) is 48.4 Å². The van der Waals surface area contributed by atoms with E-state index in [0.29, 0.717) is 18.0 Å². The number of carbonyl (C=O) groups excluding carboxylic acids is 1. The predicted molar refractivity (Wildman–Crippen MR) is 109 cm³/mol. The number of nitrogens with two attached hydrogens (primary N) is 1. The fourth-order valence-electron chi connectivity index (χ4n) is 2.96. The monoisotopic (exact) mass is 439 g/mol. The van der Waals surface area contributed by atoms with Gasteiger partial charge in [0.1, 0.15) is 0 Å². The number of amides is 1. The number of hydrogen-bond donors (Lipinski definition) is 1. The molecule has 1 aliphatic heterocycles. The summed E-state index contributed by atoms with van der Waals surface area (Å²) < 4.78 is 24.8. The molecule has 2 heterocycles. The zero-order valence-corrected chi connectivity index (χ0v) is 17.1. The van der Waals surface area contributed by atoms with E-state index in [1.54, 1.807) is 23.1 Å². The molecule has 0 saturated carbocycles. The normalized spacial score (nSPS) is 13.9. The van der Waals surface area contributed by atoms with Gasteiger partial charge in [0.25, 0.3) is 0 Å². The van der Waals surface area contributed by atoms with Gasteiger partial charge < -0.3 is 4.90 Å². The Kier molecular flexibility index (Phi) is 4.89. The van der Waals surface area contributed by atoms with Crippen molar-refractivity contribution in [3.63, 3.8) is 0 Å². The largest absolute Gasteiger partial charge is 0.311 e. The minimum Gasteiger partial charge on any atom is -0.311 e. The van der Waals surface area contributed by atoms with E-state index in [4.69, 9.17) is 16.7 Å². The highest BCUT2D eigenvalue weighted by Crippen LogP contribution is 2.33. The van der Waals surface area contributed by atoms with Gasteiger partial charge in [-0.2, -0.15) is 0 Å². The van der Waals surface area contributed by atoms with Crippen LogP contribution in [0.4, 0.5) is 5.69 Å². The summed E-state index contributed by atoms with van der Waals surface area (Å²) in [4.78, 5) is 18.9. The number of halogens is 1. The lowest BCUT2D eigenvalue weighted by atomic mass is 10.2. The Hall–Kier alpha value is -1.65. The lowest BCUT2D eigenvalue weighted by Gasteiger charge is -2.17. The second-order valence-electron chi connectivity index (χ2n) is 6.01. The number of carbonyl (C=O) groups is 1. The number of aromatic nitrogens is 1. The molecule has 0 radical (unpaired) electrons. The summed E-state index contributed by atoms with van der Waals surface area (Å²) in [5, 5.41) is 5.81. The highest BCUT2D eigenvalue weighted by Gasteiger charge is 2.26. The van der Waals surface area contributed by atoms with Gasteiger partial charge in [-0.1, -0.05) is 23.4 Å². The Morgan fingerprint density at radius 3 is 2.89 bits per heavy atom. The number of primary sulfonamides is 1. The van der Waals surface area contributed by atoms with Crippen molar-refractivity contribution in [2.45, 2.75) is 15.7 Å². The summed E-state index contributed by atoms with van der Waals surface area (Å²) in [5.41, 5.74) is 2.38. The number of rotatable bonds is 4. The molecule has 1 aromatic heterocycles. The van der Waals surface area contributed by atoms with Crippen molar-refractivity contribution in [1.29, 1.82) is 0 Å². The molecule has 27 heavy (non-hydrogen) atoms. The van der Waals surface area contributed by atoms with Crippen LogP contribution in [0.25, 0.3) is 10.2 Å². The Labute approximate surface area is 169 Å². The van der Waals surface area contributed by atoms with E-state index >= 15 is 0 Å². The molecule has 2 aromatic carbocycles. The molecule has 0 aliphatic carbocycles. The van der Waals surface area contributed by atoms with Crippen molar-refractivity contribution >= 4 is 66.5 Å². The molecule has 0 saturated heterocycles. The molecule has 0 spiro atoms. The molecule has 4 rings (SSSR count). The lowest BCUT2D eigenvalue weighted by Crippen LogP contribution is -2.30. The fourth-order valence-corrected chi connectivity index (χ4v) is 5.61. The minimum atomic E-state index is -3.75. The molecule has 3 aromatic rings. The second-order valence-corrected chi connectivity index (χ2v) is 10.3. The quantitative estimate of drug-likeness (QED) is 0.629. The van der Waals surface area contributed by atoms with E-state index in [1.807, 2.05) is 12.1 Å². The Morgan fingerprint density at radius 1 is 1.30 bits per heavy atom. The van der Waals surface area contributed by atoms with Crippen LogP contribution >= 0.6 is 34.7 Å². The third kappa shape index (κ3) is 3.83. The molecule has 0 fully saturated rings. The van der Waals surface area contributed by atoms with Crippen LogP contribution in [0.15, 0.2) is 45.6 Å². The standard InChI is InChI=1S/C17H14ClN3O3S3/c18-11-1-4-15-13(8-11)20-17(26-15)25-9-16(22)21-6-5-10-7-12(27(19,23)24)2-3-14(10)21/h1-4,7-8H,5-6,9H2,(H2,19,23,24). The predicted octanol–water partition coefficient (Wildman–Crippen LogP) is 3.28. The van der Waals surface area contributed by atoms with Crippen LogP contribution in [-0.2, 0) is 21.2 Å². The lowest BCUT2D eigenvalue weighted by molar-refractivity contribution is -0.116. The first-order valence-corrected chi connectivity index (χ1v) is 11.7. The number of thioether (sulfide) groups is 1. The van der Waals surface area contributed by atoms with Gasteiger partial charge >= 0.3 is 0 Å². The molecule has 140 valence electrons. The third-order valence-electron chi connectivity index (χ3n) is 4.23. The number of fused-ring (bicyclic) bond motifs is 2. The van der Waals surface area contributed by atoms with Gasteiger partial charge in [0, 0.05) is 17.3 Å². The van der Waals surface area contributed by atoms with Crippen molar-refractivity contribution < 1.29 is 13.2 Å². The van der Waals surface area contributed by atoms with E-state index in [0.717, 1.165) is 25.8 Å². The first-order valence-electron chi connectivity index (χ1n) is 7.96. The van der Waals surface area contributed by atoms with Gasteiger partial charge in [0.15, 0.2) is 4.34 Å². The maximum atomic E-state index is 12.7. The van der Waals surface area contributed by atoms with Gasteiger partial charge in [-0.25, -0.2) is 18.5 Å². The first kappa shape index (κ1) is 18.7. The Balaban J connectivity index is 1.48. The second kappa shape index (κ2) is 7.06. The van der Waals surface area contributed by atoms with Gasteiger partial charge in [0.05, 0.1) is 20.9 Å². The number of thiazole rings is 1. The van der Waals surface area contributed by atoms with Gasteiger partial charge in [-0.3, -0.25) is 4.79 Å². The molecule has 1 aliphatic rings. The summed E-state index contributed by atoms with van der Waals surface area (Å²) in [7, 11) is -3.75. The molecule has 10 heteroatoms. The maximum absolute atomic E-state index is 12.7. The number of anilines is 1. The SMILES string of the molecule is NS(=O)(=O)c1ccc2c(c1)CCN2C(=O)CSc1nc2cc(Cl)ccc2s1. The van der Waals surface area contributed by atoms with Crippen LogP contribution < -0.4 is 10.0 Å². The number of hydrogen-bond acceptors (Lipinski definition) is 6. The summed E-state index contributed by atoms with van der Waals surface area (Å²) >= 11 is 8.89. The van der Waals surface area contributed by atoms with Gasteiger partial charge in [-0.15, -0.1) is 11.3 Å². The number of sulfonamides is 1. The van der Waals surface area contributed by atoms with Crippen LogP contribution in [0.3, 0.4) is 0 Å². The van der Waals surface area contributed by atoms with Crippen molar-refractivity contribution in [1.82, 2.24) is 4.98 Å². The zero-order valence-electron chi connectivity index (χ0n) is 13.9. The minimum absolute atomic E-state index is 0.0422. The van der Waals surface area contributed by atoms with Crippen LogP contribution in [0.2, 0.25) is 5.02 Å². The average molecular weight is 440 g/mol. The summed E-state index contributed by atoms with van der Waals surface area (Å²) in [5.74, 6) is 0.212. The molecule has 2 N–H and O–H groups in total. The molecule has 0 bridgehead atoms. The molecule has 0 atom stereocenters. The Morgan fingerprint density at radius 2 is 2.11 bits per heavy atom. The maximum Gasteiger partial charge on any atom is 0.238 e. The van der Waals surface area contributed by atoms with E-state index in [2.05, 4.69) is 4.98 Å². The molecular formula is C17H14ClN3O3S3. The first-order chi connectivity index (χ1) is 12.8. The average Bonchev–Trinajstić information content (AvgIpc) is 3.21. The fraction of sp³-hybridized carbons (Fsp3) is 0.176. The smallest absolute Gasteiger partial charge is 0.238 e. The summed E-state index contributed by atoms with van der Waals surface area (Å²) in [6, 6.07) is 10.2. The molecular weight excluding hydrogens is 426 g/mol. The van der Waals surface area contributed by atoms with Crippen molar-refractivity contribution in [2.24, 2.45) is 5.14 Å². The molecule has 0 unspecified atom stereocenters. The molecule has 1 amide bonds. The van der Waals surface area contributed by atoms with Crippen LogP contribution in [-0.4, -0.2) is 31.6 Å². The van der Waals surface area contributed by atoms with Crippen molar-refractivity contribution in [3.8, 4) is 0 Å². The number of nitrogens with zero attached hydrogens (tertiary/aromatic N) is 2. The summed E-state index contributed by atoms with van der Waals surface area (Å²) in [6.45, 7) is 0.526. The van der Waals surface area contributed by atoms with E-state index in [1.165, 1.54) is 29.2 Å². The van der Waals surface area contributed by atoms with E-state index < -0.39 is 10.0 Å². The molecule has 6 nitrogen and oxygen atoms in total. The summed E-state index contributed by atoms with van der Waals surface area (Å²) in [6.07, 6.45) is 0.606. The number of benzene rings is 2. The Bertz CT molecular complexity index is 1160. The van der Waals surface area contributed by atoms with E-state index in [-0.39, 0.29) is 16.6 Å². The third-order valence-corrected chi connectivity index (χ3v) is 7.54. The highest BCUT2D eigenvalue weighted by atomic mass is 35.5. The van der Waals surface area contributed by atoms with Crippen LogP contribution in [0.1, 0.15) is 5.56 Å². The van der Waals surface area contributed by atoms with E-state index in [9.17, 15) is 13.2 Å².